The van der Waals surface area contributed by atoms with Gasteiger partial charge in [0.1, 0.15) is 0 Å². The highest BCUT2D eigenvalue weighted by Crippen LogP contribution is 2.27. The summed E-state index contributed by atoms with van der Waals surface area (Å²) >= 11 is 0. The van der Waals surface area contributed by atoms with Crippen LogP contribution in [-0.4, -0.2) is 23.2 Å². The Morgan fingerprint density at radius 3 is 2.71 bits per heavy atom. The molecule has 0 amide bonds. The lowest BCUT2D eigenvalue weighted by Gasteiger charge is -2.23. The van der Waals surface area contributed by atoms with Gasteiger partial charge >= 0.3 is 0 Å². The van der Waals surface area contributed by atoms with Crippen LogP contribution >= 0.6 is 0 Å². The van der Waals surface area contributed by atoms with Crippen LogP contribution in [0.5, 0.6) is 0 Å². The molecule has 0 atom stereocenters. The first-order valence-electron chi connectivity index (χ1n) is 7.98. The van der Waals surface area contributed by atoms with Gasteiger partial charge in [-0.15, -0.1) is 0 Å². The standard InChI is InChI=1S/C17H27N3O/c1-3-17(21,4-2)12-19-16(18)20-15-11-7-9-13-8-5-6-10-14(13)15/h7,9,11,21H,3-6,8,10,12H2,1-2H3,(H3,18,19,20). The zero-order valence-corrected chi connectivity index (χ0v) is 13.2. The van der Waals surface area contributed by atoms with Gasteiger partial charge < -0.3 is 16.2 Å². The van der Waals surface area contributed by atoms with E-state index in [0.717, 1.165) is 18.5 Å². The molecule has 1 aliphatic rings. The molecule has 0 saturated heterocycles. The fraction of sp³-hybridized carbons (Fsp3) is 0.588. The van der Waals surface area contributed by atoms with Crippen LogP contribution in [0, 0.1) is 0 Å². The summed E-state index contributed by atoms with van der Waals surface area (Å²) in [6, 6.07) is 6.31. The Hall–Kier alpha value is -1.55. The molecular weight excluding hydrogens is 262 g/mol. The average Bonchev–Trinajstić information content (AvgIpc) is 2.53. The first kappa shape index (κ1) is 15.8. The van der Waals surface area contributed by atoms with Crippen molar-refractivity contribution in [1.82, 2.24) is 0 Å². The molecule has 1 aromatic carbocycles. The molecule has 1 aromatic rings. The minimum absolute atomic E-state index is 0.341. The summed E-state index contributed by atoms with van der Waals surface area (Å²) in [5, 5.41) is 13.5. The Bertz CT molecular complexity index is 507. The van der Waals surface area contributed by atoms with Crippen molar-refractivity contribution in [2.45, 2.75) is 58.0 Å². The Kier molecular flexibility index (Phi) is 5.23. The molecule has 0 saturated carbocycles. The Morgan fingerprint density at radius 2 is 2.00 bits per heavy atom. The molecule has 0 unspecified atom stereocenters. The van der Waals surface area contributed by atoms with E-state index in [4.69, 9.17) is 5.73 Å². The number of benzene rings is 1. The quantitative estimate of drug-likeness (QED) is 0.576. The lowest BCUT2D eigenvalue weighted by molar-refractivity contribution is 0.0419. The number of aliphatic imine (C=N–C) groups is 1. The van der Waals surface area contributed by atoms with Crippen molar-refractivity contribution in [2.75, 3.05) is 11.9 Å². The molecule has 4 nitrogen and oxygen atoms in total. The van der Waals surface area contributed by atoms with Crippen LogP contribution in [0.4, 0.5) is 5.69 Å². The second kappa shape index (κ2) is 6.94. The van der Waals surface area contributed by atoms with Crippen molar-refractivity contribution in [3.05, 3.63) is 29.3 Å². The molecule has 21 heavy (non-hydrogen) atoms. The number of hydrogen-bond acceptors (Lipinski definition) is 2. The first-order chi connectivity index (χ1) is 10.1. The number of aryl methyl sites for hydroxylation is 1. The molecule has 4 N–H and O–H groups in total. The van der Waals surface area contributed by atoms with Gasteiger partial charge in [0.05, 0.1) is 12.1 Å². The Labute approximate surface area is 127 Å². The fourth-order valence-corrected chi connectivity index (χ4v) is 2.78. The van der Waals surface area contributed by atoms with Crippen LogP contribution in [0.2, 0.25) is 0 Å². The third-order valence-electron chi connectivity index (χ3n) is 4.52. The lowest BCUT2D eigenvalue weighted by Crippen LogP contribution is -2.33. The second-order valence-electron chi connectivity index (χ2n) is 5.91. The minimum Gasteiger partial charge on any atom is -0.388 e. The van der Waals surface area contributed by atoms with E-state index in [9.17, 15) is 5.11 Å². The highest BCUT2D eigenvalue weighted by atomic mass is 16.3. The van der Waals surface area contributed by atoms with Gasteiger partial charge in [-0.05, 0) is 55.7 Å². The smallest absolute Gasteiger partial charge is 0.193 e. The van der Waals surface area contributed by atoms with Crippen LogP contribution in [0.1, 0.15) is 50.7 Å². The van der Waals surface area contributed by atoms with Crippen molar-refractivity contribution in [3.8, 4) is 0 Å². The number of nitrogens with one attached hydrogen (secondary N) is 1. The van der Waals surface area contributed by atoms with Crippen LogP contribution < -0.4 is 11.1 Å². The summed E-state index contributed by atoms with van der Waals surface area (Å²) in [5.41, 5.74) is 9.07. The van der Waals surface area contributed by atoms with Gasteiger partial charge in [-0.2, -0.15) is 0 Å². The third-order valence-corrected chi connectivity index (χ3v) is 4.52. The van der Waals surface area contributed by atoms with E-state index in [1.165, 1.54) is 24.0 Å². The van der Waals surface area contributed by atoms with Crippen molar-refractivity contribution in [3.63, 3.8) is 0 Å². The molecular formula is C17H27N3O. The monoisotopic (exact) mass is 289 g/mol. The van der Waals surface area contributed by atoms with Crippen LogP contribution in [0.25, 0.3) is 0 Å². The zero-order chi connectivity index (χ0) is 15.3. The molecule has 0 spiro atoms. The van der Waals surface area contributed by atoms with E-state index in [-0.39, 0.29) is 0 Å². The molecule has 4 heteroatoms. The molecule has 1 aliphatic carbocycles. The maximum Gasteiger partial charge on any atom is 0.193 e. The summed E-state index contributed by atoms with van der Waals surface area (Å²) in [4.78, 5) is 4.32. The molecule has 116 valence electrons. The van der Waals surface area contributed by atoms with E-state index in [2.05, 4.69) is 28.5 Å². The molecule has 0 fully saturated rings. The maximum atomic E-state index is 10.2. The maximum absolute atomic E-state index is 10.2. The number of aliphatic hydroxyl groups is 1. The number of nitrogens with zero attached hydrogens (tertiary/aromatic N) is 1. The highest BCUT2D eigenvalue weighted by molar-refractivity contribution is 5.93. The second-order valence-corrected chi connectivity index (χ2v) is 5.91. The molecule has 2 rings (SSSR count). The summed E-state index contributed by atoms with van der Waals surface area (Å²) < 4.78 is 0. The van der Waals surface area contributed by atoms with Gasteiger partial charge in [-0.25, -0.2) is 0 Å². The molecule has 0 radical (unpaired) electrons. The van der Waals surface area contributed by atoms with E-state index in [1.807, 2.05) is 13.8 Å². The van der Waals surface area contributed by atoms with Gasteiger partial charge in [-0.1, -0.05) is 26.0 Å². The molecule has 0 heterocycles. The molecule has 0 aromatic heterocycles. The van der Waals surface area contributed by atoms with E-state index in [0.29, 0.717) is 25.3 Å². The van der Waals surface area contributed by atoms with Crippen molar-refractivity contribution >= 4 is 11.6 Å². The fourth-order valence-electron chi connectivity index (χ4n) is 2.78. The summed E-state index contributed by atoms with van der Waals surface area (Å²) in [6.07, 6.45) is 6.10. The van der Waals surface area contributed by atoms with Gasteiger partial charge in [0.25, 0.3) is 0 Å². The largest absolute Gasteiger partial charge is 0.388 e. The normalized spacial score (nSPS) is 15.7. The van der Waals surface area contributed by atoms with E-state index < -0.39 is 5.60 Å². The Morgan fingerprint density at radius 1 is 1.29 bits per heavy atom. The molecule has 0 aliphatic heterocycles. The number of rotatable bonds is 5. The van der Waals surface area contributed by atoms with E-state index in [1.54, 1.807) is 0 Å². The summed E-state index contributed by atoms with van der Waals surface area (Å²) in [7, 11) is 0. The van der Waals surface area contributed by atoms with Crippen molar-refractivity contribution < 1.29 is 5.11 Å². The van der Waals surface area contributed by atoms with Crippen LogP contribution in [-0.2, 0) is 12.8 Å². The number of nitrogens with two attached hydrogens (primary N) is 1. The number of fused-ring (bicyclic) bond motifs is 1. The summed E-state index contributed by atoms with van der Waals surface area (Å²) in [5.74, 6) is 0.384. The number of hydrogen-bond donors (Lipinski definition) is 3. The number of anilines is 1. The average molecular weight is 289 g/mol. The van der Waals surface area contributed by atoms with Crippen LogP contribution in [0.15, 0.2) is 23.2 Å². The van der Waals surface area contributed by atoms with Crippen LogP contribution in [0.3, 0.4) is 0 Å². The van der Waals surface area contributed by atoms with E-state index >= 15 is 0 Å². The first-order valence-corrected chi connectivity index (χ1v) is 7.98. The third kappa shape index (κ3) is 3.97. The molecule has 0 bridgehead atoms. The van der Waals surface area contributed by atoms with Gasteiger partial charge in [0.2, 0.25) is 0 Å². The zero-order valence-electron chi connectivity index (χ0n) is 13.2. The highest BCUT2D eigenvalue weighted by Gasteiger charge is 2.21. The van der Waals surface area contributed by atoms with Gasteiger partial charge in [-0.3, -0.25) is 4.99 Å². The predicted molar refractivity (Wildman–Crippen MR) is 88.7 cm³/mol. The number of guanidine groups is 1. The van der Waals surface area contributed by atoms with Gasteiger partial charge in [0, 0.05) is 5.69 Å². The lowest BCUT2D eigenvalue weighted by atomic mass is 9.90. The van der Waals surface area contributed by atoms with Crippen molar-refractivity contribution in [1.29, 1.82) is 0 Å². The predicted octanol–water partition coefficient (Wildman–Crippen LogP) is 2.84. The minimum atomic E-state index is -0.748. The summed E-state index contributed by atoms with van der Waals surface area (Å²) in [6.45, 7) is 4.28. The van der Waals surface area contributed by atoms with Crippen molar-refractivity contribution in [2.24, 2.45) is 10.7 Å². The van der Waals surface area contributed by atoms with Gasteiger partial charge in [0.15, 0.2) is 5.96 Å². The SMILES string of the molecule is CCC(O)(CC)CN=C(N)Nc1cccc2c1CCCC2. The topological polar surface area (TPSA) is 70.6 Å². The Balaban J connectivity index is 2.08.